The Bertz CT molecular complexity index is 3230. The Kier molecular flexibility index (Phi) is 8.20. The van der Waals surface area contributed by atoms with Gasteiger partial charge >= 0.3 is 0 Å². The first-order chi connectivity index (χ1) is 29.0. The molecule has 1 heterocycles. The highest BCUT2D eigenvalue weighted by Gasteiger charge is 2.38. The van der Waals surface area contributed by atoms with Gasteiger partial charge in [0.2, 0.25) is 0 Å². The third-order valence-corrected chi connectivity index (χ3v) is 12.3. The van der Waals surface area contributed by atoms with Gasteiger partial charge in [-0.3, -0.25) is 0 Å². The molecule has 0 atom stereocenters. The van der Waals surface area contributed by atoms with E-state index in [9.17, 15) is 0 Å². The Balaban J connectivity index is 1.04. The van der Waals surface area contributed by atoms with E-state index in [0.717, 1.165) is 39.0 Å². The zero-order valence-corrected chi connectivity index (χ0v) is 33.0. The van der Waals surface area contributed by atoms with Crippen LogP contribution in [-0.2, 0) is 5.41 Å². The van der Waals surface area contributed by atoms with Gasteiger partial charge in [-0.05, 0) is 101 Å². The number of rotatable bonds is 6. The molecule has 1 aromatic heterocycles. The zero-order chi connectivity index (χ0) is 39.5. The van der Waals surface area contributed by atoms with Crippen LogP contribution >= 0.6 is 0 Å². The summed E-state index contributed by atoms with van der Waals surface area (Å²) in [5.74, 6) is 0.705. The summed E-state index contributed by atoms with van der Waals surface area (Å²) in [6.45, 7) is 4.75. The first-order valence-electron chi connectivity index (χ1n) is 20.4. The minimum absolute atomic E-state index is 0.115. The van der Waals surface area contributed by atoms with E-state index < -0.39 is 0 Å². The lowest BCUT2D eigenvalue weighted by molar-refractivity contribution is 0.666. The van der Waals surface area contributed by atoms with E-state index in [1.807, 2.05) is 6.07 Å². The molecule has 1 aliphatic rings. The fourth-order valence-corrected chi connectivity index (χ4v) is 9.45. The average molecular weight is 753 g/mol. The van der Waals surface area contributed by atoms with E-state index in [4.69, 9.17) is 9.97 Å². The van der Waals surface area contributed by atoms with Crippen molar-refractivity contribution in [2.75, 3.05) is 0 Å². The van der Waals surface area contributed by atoms with E-state index in [0.29, 0.717) is 5.82 Å². The molecule has 0 aliphatic heterocycles. The van der Waals surface area contributed by atoms with Crippen LogP contribution in [0.4, 0.5) is 0 Å². The molecule has 0 fully saturated rings. The first-order valence-corrected chi connectivity index (χ1v) is 20.4. The average Bonchev–Trinajstić information content (AvgIpc) is 3.55. The van der Waals surface area contributed by atoms with E-state index >= 15 is 0 Å². The van der Waals surface area contributed by atoms with Gasteiger partial charge in [0, 0.05) is 22.1 Å². The summed E-state index contributed by atoms with van der Waals surface area (Å²) in [6, 6.07) is 74.2. The van der Waals surface area contributed by atoms with E-state index in [-0.39, 0.29) is 5.41 Å². The fourth-order valence-electron chi connectivity index (χ4n) is 9.45. The number of fused-ring (bicyclic) bond motifs is 6. The molecule has 0 saturated heterocycles. The molecule has 0 unspecified atom stereocenters. The second-order valence-corrected chi connectivity index (χ2v) is 16.1. The van der Waals surface area contributed by atoms with Crippen LogP contribution in [0.25, 0.3) is 100.0 Å². The zero-order valence-electron chi connectivity index (χ0n) is 33.0. The Morgan fingerprint density at radius 2 is 0.864 bits per heavy atom. The van der Waals surface area contributed by atoms with Crippen molar-refractivity contribution < 1.29 is 0 Å². The third-order valence-electron chi connectivity index (χ3n) is 12.3. The molecular formula is C57H40N2. The van der Waals surface area contributed by atoms with Crippen LogP contribution < -0.4 is 0 Å². The molecule has 59 heavy (non-hydrogen) atoms. The van der Waals surface area contributed by atoms with Crippen LogP contribution in [0.1, 0.15) is 25.0 Å². The van der Waals surface area contributed by atoms with Crippen LogP contribution in [0, 0.1) is 0 Å². The normalized spacial score (nSPS) is 12.7. The first kappa shape index (κ1) is 34.8. The predicted molar refractivity (Wildman–Crippen MR) is 247 cm³/mol. The molecule has 0 saturated carbocycles. The largest absolute Gasteiger partial charge is 0.228 e. The molecule has 0 spiro atoms. The second kappa shape index (κ2) is 13.9. The van der Waals surface area contributed by atoms with Crippen molar-refractivity contribution in [1.29, 1.82) is 0 Å². The maximum absolute atomic E-state index is 5.31. The Labute approximate surface area is 345 Å². The van der Waals surface area contributed by atoms with Crippen LogP contribution in [0.15, 0.2) is 206 Å². The summed E-state index contributed by atoms with van der Waals surface area (Å²) in [5, 5.41) is 4.91. The van der Waals surface area contributed by atoms with E-state index in [1.54, 1.807) is 0 Å². The maximum Gasteiger partial charge on any atom is 0.161 e. The van der Waals surface area contributed by atoms with E-state index in [2.05, 4.69) is 214 Å². The molecule has 9 aromatic carbocycles. The van der Waals surface area contributed by atoms with Gasteiger partial charge < -0.3 is 0 Å². The van der Waals surface area contributed by atoms with Crippen LogP contribution in [0.2, 0.25) is 0 Å². The van der Waals surface area contributed by atoms with Crippen molar-refractivity contribution in [2.24, 2.45) is 0 Å². The smallest absolute Gasteiger partial charge is 0.161 e. The SMILES string of the molecule is CC1(C)c2cccc(-c3cccc(-c4ccc(-c5nc(-c6ccccc6)cc(-c6cccc(-c7ccccc7)c6)n5)c5ccccc45)c3)c2-c2ccc3ccccc3c21. The number of hydrogen-bond acceptors (Lipinski definition) is 2. The Morgan fingerprint density at radius 3 is 1.63 bits per heavy atom. The summed E-state index contributed by atoms with van der Waals surface area (Å²) < 4.78 is 0. The number of benzene rings is 9. The lowest BCUT2D eigenvalue weighted by atomic mass is 9.80. The molecule has 10 aromatic rings. The van der Waals surface area contributed by atoms with Gasteiger partial charge in [-0.15, -0.1) is 0 Å². The fraction of sp³-hybridized carbons (Fsp3) is 0.0526. The summed E-state index contributed by atoms with van der Waals surface area (Å²) >= 11 is 0. The van der Waals surface area contributed by atoms with Gasteiger partial charge in [-0.25, -0.2) is 9.97 Å². The lowest BCUT2D eigenvalue weighted by Gasteiger charge is -2.23. The van der Waals surface area contributed by atoms with Crippen molar-refractivity contribution in [3.05, 3.63) is 217 Å². The Hall–Kier alpha value is -7.42. The number of aromatic nitrogens is 2. The Morgan fingerprint density at radius 1 is 0.339 bits per heavy atom. The highest BCUT2D eigenvalue weighted by Crippen LogP contribution is 2.54. The van der Waals surface area contributed by atoms with Crippen LogP contribution in [0.5, 0.6) is 0 Å². The lowest BCUT2D eigenvalue weighted by Crippen LogP contribution is -2.15. The highest BCUT2D eigenvalue weighted by molar-refractivity contribution is 6.06. The van der Waals surface area contributed by atoms with Gasteiger partial charge in [0.25, 0.3) is 0 Å². The molecule has 2 nitrogen and oxygen atoms in total. The van der Waals surface area contributed by atoms with Gasteiger partial charge in [0.15, 0.2) is 5.82 Å². The van der Waals surface area contributed by atoms with Crippen molar-refractivity contribution in [1.82, 2.24) is 9.97 Å². The third kappa shape index (κ3) is 5.87. The summed E-state index contributed by atoms with van der Waals surface area (Å²) in [4.78, 5) is 10.6. The summed E-state index contributed by atoms with van der Waals surface area (Å²) in [6.07, 6.45) is 0. The van der Waals surface area contributed by atoms with Gasteiger partial charge in [-0.2, -0.15) is 0 Å². The van der Waals surface area contributed by atoms with Crippen LogP contribution in [0.3, 0.4) is 0 Å². The van der Waals surface area contributed by atoms with Gasteiger partial charge in [0.1, 0.15) is 0 Å². The van der Waals surface area contributed by atoms with Crippen molar-refractivity contribution in [3.8, 4) is 78.4 Å². The predicted octanol–water partition coefficient (Wildman–Crippen LogP) is 15.1. The van der Waals surface area contributed by atoms with Gasteiger partial charge in [0.05, 0.1) is 11.4 Å². The molecule has 278 valence electrons. The quantitative estimate of drug-likeness (QED) is 0.169. The molecular weight excluding hydrogens is 713 g/mol. The maximum atomic E-state index is 5.31. The molecule has 0 amide bonds. The van der Waals surface area contributed by atoms with Crippen LogP contribution in [-0.4, -0.2) is 9.97 Å². The second-order valence-electron chi connectivity index (χ2n) is 16.1. The molecule has 2 heteroatoms. The number of hydrogen-bond donors (Lipinski definition) is 0. The standard InChI is InChI=1S/C57H40N2/c1-57(2)51-29-15-28-45(54(51)50-31-30-38-18-9-10-25-46(38)55(50)57)42-23-14-22-41(35-42)44-32-33-49(48-27-12-11-26-47(44)48)56-58-52(39-19-7-4-8-20-39)36-53(59-56)43-24-13-21-40(34-43)37-16-5-3-6-17-37/h3-36H,1-2H3. The molecule has 11 rings (SSSR count). The van der Waals surface area contributed by atoms with E-state index in [1.165, 1.54) is 66.2 Å². The summed E-state index contributed by atoms with van der Waals surface area (Å²) in [5.41, 5.74) is 17.4. The molecule has 0 bridgehead atoms. The minimum Gasteiger partial charge on any atom is -0.228 e. The van der Waals surface area contributed by atoms with Crippen molar-refractivity contribution in [3.63, 3.8) is 0 Å². The number of nitrogens with zero attached hydrogens (tertiary/aromatic N) is 2. The van der Waals surface area contributed by atoms with Crippen molar-refractivity contribution in [2.45, 2.75) is 19.3 Å². The summed E-state index contributed by atoms with van der Waals surface area (Å²) in [7, 11) is 0. The van der Waals surface area contributed by atoms with Gasteiger partial charge in [-0.1, -0.05) is 196 Å². The minimum atomic E-state index is -0.115. The highest BCUT2D eigenvalue weighted by atomic mass is 14.9. The van der Waals surface area contributed by atoms with Crippen molar-refractivity contribution >= 4 is 21.5 Å². The topological polar surface area (TPSA) is 25.8 Å². The molecule has 1 aliphatic carbocycles. The molecule has 0 radical (unpaired) electrons. The monoisotopic (exact) mass is 752 g/mol. The molecule has 0 N–H and O–H groups in total.